The van der Waals surface area contributed by atoms with Crippen LogP contribution in [-0.4, -0.2) is 137 Å². The van der Waals surface area contributed by atoms with Crippen LogP contribution >= 0.6 is 11.6 Å². The van der Waals surface area contributed by atoms with Gasteiger partial charge in [-0.2, -0.15) is 73.9 Å². The molecule has 44 heteroatoms. The first kappa shape index (κ1) is 61.4. The first-order chi connectivity index (χ1) is 37.0. The van der Waals surface area contributed by atoms with Gasteiger partial charge in [-0.1, -0.05) is 6.07 Å². The van der Waals surface area contributed by atoms with Gasteiger partial charge < -0.3 is 20.8 Å². The molecule has 7 rings (SSSR count). The van der Waals surface area contributed by atoms with Gasteiger partial charge in [0, 0.05) is 21.8 Å². The number of nitrogens with one attached hydrogen (secondary N) is 2. The second-order valence-electron chi connectivity index (χ2n) is 15.7. The van der Waals surface area contributed by atoms with E-state index in [-0.39, 0.29) is 11.8 Å². The molecule has 0 bridgehead atoms. The Morgan fingerprint density at radius 1 is 0.494 bits per heavy atom. The molecule has 432 valence electrons. The van der Waals surface area contributed by atoms with Crippen molar-refractivity contribution in [2.24, 2.45) is 20.5 Å². The highest BCUT2D eigenvalue weighted by molar-refractivity contribution is 7.91. The number of halogens is 1. The Kier molecular flexibility index (Phi) is 16.4. The fourth-order valence-electron chi connectivity index (χ4n) is 7.03. The predicted molar refractivity (Wildman–Crippen MR) is 272 cm³/mol. The van der Waals surface area contributed by atoms with E-state index in [1.165, 1.54) is 12.1 Å². The number of azo groups is 2. The number of fused-ring (bicyclic) bond motifs is 2. The molecule has 81 heavy (non-hydrogen) atoms. The van der Waals surface area contributed by atoms with E-state index in [2.05, 4.69) is 50.2 Å². The first-order valence-corrected chi connectivity index (χ1v) is 32.5. The van der Waals surface area contributed by atoms with Crippen molar-refractivity contribution in [3.05, 3.63) is 84.1 Å². The summed E-state index contributed by atoms with van der Waals surface area (Å²) in [5.41, 5.74) is -5.78. The standard InChI is InChI=1S/C37H28ClN9O26S8/c38-35-41-36(39-17-2-1-3-18(12-17)74(50,51)9-8-73-81(70,71)72)43-37(42-35)40-25-14-20(76(55,56)57)10-16-11-27(78(61,62)63)31(33(49)29(16)25)47-44-23-6-5-21-22(34(23)80(67,68)69)15-28(79(64,65)66)30(32(21)48)46-45-24-13-19(75(52,53)54)4-7-26(24)77(58,59)60/h1-7,10-15,48-49H,8-9H2,(H,52,53,54)(H,55,56,57)(H,58,59,60)(H,61,62,63)(H,64,65,66)(H,67,68,69)(H,70,71,72)(H2,39,40,41,42,43). The zero-order chi connectivity index (χ0) is 60.4. The third-order valence-electron chi connectivity index (χ3n) is 10.3. The molecule has 0 saturated carbocycles. The lowest BCUT2D eigenvalue weighted by Gasteiger charge is -2.15. The predicted octanol–water partition coefficient (Wildman–Crippen LogP) is 4.63. The van der Waals surface area contributed by atoms with E-state index in [1.54, 1.807) is 0 Å². The lowest BCUT2D eigenvalue weighted by molar-refractivity contribution is 0.283. The highest BCUT2D eigenvalue weighted by atomic mass is 35.5. The Balaban J connectivity index is 1.37. The van der Waals surface area contributed by atoms with Crippen LogP contribution in [0.25, 0.3) is 21.5 Å². The molecule has 1 heterocycles. The van der Waals surface area contributed by atoms with E-state index in [0.29, 0.717) is 48.5 Å². The first-order valence-electron chi connectivity index (χ1n) is 20.4. The van der Waals surface area contributed by atoms with Crippen molar-refractivity contribution >= 4 is 160 Å². The molecule has 1 aromatic heterocycles. The number of phenolic OH excluding ortho intramolecular Hbond substituents is 2. The Morgan fingerprint density at radius 3 is 1.63 bits per heavy atom. The maximum Gasteiger partial charge on any atom is 0.397 e. The van der Waals surface area contributed by atoms with Gasteiger partial charge in [-0.15, -0.1) is 20.5 Å². The summed E-state index contributed by atoms with van der Waals surface area (Å²) in [6.45, 7) is -0.976. The second kappa shape index (κ2) is 21.6. The maximum atomic E-state index is 13.1. The van der Waals surface area contributed by atoms with E-state index in [4.69, 9.17) is 16.2 Å². The van der Waals surface area contributed by atoms with Gasteiger partial charge in [-0.05, 0) is 89.8 Å². The van der Waals surface area contributed by atoms with E-state index in [0.717, 1.165) is 12.1 Å². The van der Waals surface area contributed by atoms with Crippen LogP contribution in [0, 0.1) is 0 Å². The maximum absolute atomic E-state index is 13.1. The molecule has 0 fully saturated rings. The zero-order valence-corrected chi connectivity index (χ0v) is 45.9. The summed E-state index contributed by atoms with van der Waals surface area (Å²) in [5, 5.41) is 37.9. The number of aromatic nitrogens is 3. The number of nitrogens with zero attached hydrogens (tertiary/aromatic N) is 7. The van der Waals surface area contributed by atoms with Crippen molar-refractivity contribution in [2.75, 3.05) is 23.0 Å². The quantitative estimate of drug-likeness (QED) is 0.0388. The monoisotopic (exact) mass is 1300 g/mol. The molecule has 6 aromatic carbocycles. The fraction of sp³-hybridized carbons (Fsp3) is 0.0541. The summed E-state index contributed by atoms with van der Waals surface area (Å²) in [7, 11) is -42.3. The van der Waals surface area contributed by atoms with Crippen LogP contribution in [0.1, 0.15) is 0 Å². The Bertz CT molecular complexity index is 4880. The van der Waals surface area contributed by atoms with Crippen molar-refractivity contribution in [3.8, 4) is 11.5 Å². The minimum absolute atomic E-state index is 0.0844. The molecule has 35 nitrogen and oxygen atoms in total. The summed E-state index contributed by atoms with van der Waals surface area (Å²) in [5.74, 6) is -4.99. The molecule has 11 N–H and O–H groups in total. The summed E-state index contributed by atoms with van der Waals surface area (Å²) < 4.78 is 270. The molecule has 0 aliphatic rings. The smallest absolute Gasteiger partial charge is 0.397 e. The van der Waals surface area contributed by atoms with Crippen molar-refractivity contribution in [1.82, 2.24) is 15.0 Å². The lowest BCUT2D eigenvalue weighted by atomic mass is 10.1. The molecule has 0 atom stereocenters. The Morgan fingerprint density at radius 2 is 1.06 bits per heavy atom. The molecule has 0 aliphatic heterocycles. The van der Waals surface area contributed by atoms with Crippen molar-refractivity contribution in [3.63, 3.8) is 0 Å². The molecule has 0 saturated heterocycles. The van der Waals surface area contributed by atoms with Crippen LogP contribution in [0.4, 0.5) is 46.0 Å². The van der Waals surface area contributed by atoms with Gasteiger partial charge >= 0.3 is 10.4 Å². The lowest BCUT2D eigenvalue weighted by Crippen LogP contribution is -2.15. The molecule has 7 aromatic rings. The van der Waals surface area contributed by atoms with Gasteiger partial charge in [0.15, 0.2) is 21.3 Å². The Hall–Kier alpha value is -7.18. The molecular weight excluding hydrogens is 1280 g/mol. The van der Waals surface area contributed by atoms with Gasteiger partial charge in [0.1, 0.15) is 42.3 Å². The second-order valence-corrected chi connectivity index (χ2v) is 27.6. The summed E-state index contributed by atoms with van der Waals surface area (Å²) in [6, 6.07) is 8.84. The number of rotatable bonds is 19. The number of aromatic hydroxyl groups is 2. The Labute approximate surface area is 459 Å². The number of benzene rings is 6. The van der Waals surface area contributed by atoms with Crippen molar-refractivity contribution in [1.29, 1.82) is 0 Å². The molecule has 0 aliphatic carbocycles. The molecule has 0 amide bonds. The molecular formula is C37H28ClN9O26S8. The third-order valence-corrected chi connectivity index (χ3v) is 17.9. The highest BCUT2D eigenvalue weighted by Gasteiger charge is 2.31. The van der Waals surface area contributed by atoms with Crippen molar-refractivity contribution in [2.45, 2.75) is 34.3 Å². The van der Waals surface area contributed by atoms with Crippen LogP contribution in [-0.2, 0) is 85.1 Å². The van der Waals surface area contributed by atoms with Gasteiger partial charge in [0.05, 0.1) is 32.7 Å². The zero-order valence-electron chi connectivity index (χ0n) is 38.7. The summed E-state index contributed by atoms with van der Waals surface area (Å²) in [6.07, 6.45) is 0. The van der Waals surface area contributed by atoms with Gasteiger partial charge in [0.25, 0.3) is 60.7 Å². The van der Waals surface area contributed by atoms with Gasteiger partial charge in [0.2, 0.25) is 17.2 Å². The van der Waals surface area contributed by atoms with Crippen LogP contribution in [0.5, 0.6) is 11.5 Å². The molecule has 0 unspecified atom stereocenters. The number of phenols is 2. The summed E-state index contributed by atoms with van der Waals surface area (Å²) >= 11 is 6.13. The van der Waals surface area contributed by atoms with E-state index in [1.807, 2.05) is 0 Å². The number of anilines is 4. The largest absolute Gasteiger partial charge is 0.505 e. The minimum atomic E-state index is -5.82. The van der Waals surface area contributed by atoms with Gasteiger partial charge in [-0.25, -0.2) is 12.6 Å². The average molecular weight is 1310 g/mol. The van der Waals surface area contributed by atoms with Crippen LogP contribution in [0.15, 0.2) is 134 Å². The summed E-state index contributed by atoms with van der Waals surface area (Å²) in [4.78, 5) is 3.35. The number of sulfone groups is 1. The van der Waals surface area contributed by atoms with Crippen LogP contribution in [0.2, 0.25) is 5.28 Å². The normalized spacial score (nSPS) is 13.4. The average Bonchev–Trinajstić information content (AvgIpc) is 3.50. The van der Waals surface area contributed by atoms with E-state index < -0.39 is 206 Å². The van der Waals surface area contributed by atoms with Crippen LogP contribution in [0.3, 0.4) is 0 Å². The highest BCUT2D eigenvalue weighted by Crippen LogP contribution is 2.48. The molecule has 0 radical (unpaired) electrons. The van der Waals surface area contributed by atoms with Crippen LogP contribution < -0.4 is 10.6 Å². The van der Waals surface area contributed by atoms with E-state index >= 15 is 0 Å². The minimum Gasteiger partial charge on any atom is -0.505 e. The van der Waals surface area contributed by atoms with E-state index in [9.17, 15) is 105 Å². The number of hydrogen-bond acceptors (Lipinski definition) is 28. The fourth-order valence-corrected chi connectivity index (χ4v) is 12.5. The van der Waals surface area contributed by atoms with Crippen molar-refractivity contribution < 1.29 is 114 Å². The third kappa shape index (κ3) is 14.1. The SMILES string of the molecule is O=S(=O)(O)OCCS(=O)(=O)c1cccc(Nc2nc(Cl)nc(Nc3cc(S(=O)(=O)O)cc4cc(S(=O)(=O)O)c(N=Nc5ccc6c(O)c(N=Nc7cc(S(=O)(=O)O)ccc7S(=O)(=O)O)c(S(=O)(=O)O)cc6c5S(=O)(=O)O)c(O)c34)n2)c1. The molecule has 0 spiro atoms. The van der Waals surface area contributed by atoms with Gasteiger partial charge in [-0.3, -0.25) is 31.9 Å². The topological polar surface area (TPSA) is 577 Å². The number of hydrogen-bond donors (Lipinski definition) is 11.